The Hall–Kier alpha value is -1.39. The van der Waals surface area contributed by atoms with E-state index < -0.39 is 0 Å². The van der Waals surface area contributed by atoms with Gasteiger partial charge >= 0.3 is 0 Å². The first-order valence-electron chi connectivity index (χ1n) is 14.5. The average molecular weight is 479 g/mol. The molecule has 0 bridgehead atoms. The molecule has 1 aromatic heterocycles. The molecule has 3 N–H and O–H groups in total. The molecule has 4 nitrogen and oxygen atoms in total. The number of aryl methyl sites for hydroxylation is 2. The fourth-order valence-electron chi connectivity index (χ4n) is 10.0. The van der Waals surface area contributed by atoms with Gasteiger partial charge in [0, 0.05) is 6.42 Å². The highest BCUT2D eigenvalue weighted by Gasteiger charge is 2.63. The number of hydrogen-bond donors (Lipinski definition) is 3. The summed E-state index contributed by atoms with van der Waals surface area (Å²) in [5, 5.41) is 22.1. The molecule has 0 aliphatic heterocycles. The zero-order chi connectivity index (χ0) is 24.5. The molecule has 4 heteroatoms. The van der Waals surface area contributed by atoms with Crippen LogP contribution in [-0.2, 0) is 6.42 Å². The molecule has 2 aromatic rings. The first-order chi connectivity index (χ1) is 16.7. The number of benzene rings is 1. The van der Waals surface area contributed by atoms with Crippen molar-refractivity contribution in [1.29, 1.82) is 0 Å². The maximum absolute atomic E-state index is 11.8. The van der Waals surface area contributed by atoms with E-state index in [2.05, 4.69) is 50.9 Å². The molecule has 1 heterocycles. The van der Waals surface area contributed by atoms with Crippen LogP contribution >= 0.6 is 0 Å². The lowest BCUT2D eigenvalue weighted by molar-refractivity contribution is -0.174. The fourth-order valence-corrected chi connectivity index (χ4v) is 10.0. The van der Waals surface area contributed by atoms with Crippen LogP contribution in [0.1, 0.15) is 89.9 Å². The molecule has 4 aliphatic carbocycles. The Kier molecular flexibility index (Phi) is 5.88. The van der Waals surface area contributed by atoms with E-state index in [0.29, 0.717) is 35.0 Å². The number of H-pyrrole nitrogens is 1. The molecule has 0 radical (unpaired) electrons. The van der Waals surface area contributed by atoms with Gasteiger partial charge in [0.2, 0.25) is 0 Å². The van der Waals surface area contributed by atoms with Gasteiger partial charge in [0.05, 0.1) is 23.2 Å². The molecule has 6 rings (SSSR count). The van der Waals surface area contributed by atoms with Gasteiger partial charge in [-0.15, -0.1) is 0 Å². The minimum Gasteiger partial charge on any atom is -0.393 e. The van der Waals surface area contributed by atoms with Gasteiger partial charge in [-0.2, -0.15) is 0 Å². The standard InChI is InChI=1S/C31H46N2O2/c1-18-5-11-26-27(15-18)33-29(32-26)12-6-19(2)23-9-10-24-22-8-7-20-16-21(34)13-14-30(20,3)25(22)17-28(35)31(23,24)4/h5,11,15,19-25,28,34-35H,6-10,12-14,16-17H2,1-4H3,(H,32,33)/t19-,20+,21-,22+,23+,24-,25+,28-,30-,31+/m0/s1. The summed E-state index contributed by atoms with van der Waals surface area (Å²) in [5.74, 6) is 4.98. The Labute approximate surface area is 211 Å². The maximum atomic E-state index is 11.8. The van der Waals surface area contributed by atoms with E-state index in [-0.39, 0.29) is 17.6 Å². The van der Waals surface area contributed by atoms with Crippen molar-refractivity contribution < 1.29 is 10.2 Å². The monoisotopic (exact) mass is 478 g/mol. The topological polar surface area (TPSA) is 69.1 Å². The van der Waals surface area contributed by atoms with Gasteiger partial charge in [-0.05, 0) is 129 Å². The molecule has 0 unspecified atom stereocenters. The van der Waals surface area contributed by atoms with Crippen molar-refractivity contribution in [3.05, 3.63) is 29.6 Å². The van der Waals surface area contributed by atoms with Gasteiger partial charge in [0.1, 0.15) is 5.82 Å². The van der Waals surface area contributed by atoms with Crippen LogP contribution in [0.2, 0.25) is 0 Å². The van der Waals surface area contributed by atoms with Crippen LogP contribution in [0.3, 0.4) is 0 Å². The van der Waals surface area contributed by atoms with Gasteiger partial charge in [-0.3, -0.25) is 0 Å². The zero-order valence-electron chi connectivity index (χ0n) is 22.3. The third-order valence-corrected chi connectivity index (χ3v) is 12.0. The Morgan fingerprint density at radius 1 is 1.06 bits per heavy atom. The van der Waals surface area contributed by atoms with Gasteiger partial charge in [0.25, 0.3) is 0 Å². The number of aliphatic hydroxyl groups excluding tert-OH is 2. The zero-order valence-corrected chi connectivity index (χ0v) is 22.3. The summed E-state index contributed by atoms with van der Waals surface area (Å²) in [4.78, 5) is 8.40. The van der Waals surface area contributed by atoms with Crippen molar-refractivity contribution in [3.8, 4) is 0 Å². The molecular weight excluding hydrogens is 432 g/mol. The molecular formula is C31H46N2O2. The van der Waals surface area contributed by atoms with Crippen molar-refractivity contribution in [1.82, 2.24) is 9.97 Å². The van der Waals surface area contributed by atoms with Crippen LogP contribution in [0.15, 0.2) is 18.2 Å². The average Bonchev–Trinajstić information content (AvgIpc) is 3.40. The van der Waals surface area contributed by atoms with E-state index in [4.69, 9.17) is 4.98 Å². The van der Waals surface area contributed by atoms with Crippen molar-refractivity contribution in [2.45, 2.75) is 104 Å². The lowest BCUT2D eigenvalue weighted by atomic mass is 9.43. The predicted octanol–water partition coefficient (Wildman–Crippen LogP) is 6.43. The molecule has 4 aliphatic rings. The van der Waals surface area contributed by atoms with Crippen molar-refractivity contribution >= 4 is 11.0 Å². The molecule has 0 spiro atoms. The first-order valence-corrected chi connectivity index (χ1v) is 14.5. The van der Waals surface area contributed by atoms with E-state index in [0.717, 1.165) is 61.3 Å². The SMILES string of the molecule is Cc1ccc2nc(CC[C@H](C)[C@H]3CC[C@H]4[C@H]5CC[C@@H]6C[C@@H](O)CC[C@]6(C)[C@@H]5C[C@H](O)[C@]34C)[nH]c2c1. The van der Waals surface area contributed by atoms with Crippen LogP contribution < -0.4 is 0 Å². The summed E-state index contributed by atoms with van der Waals surface area (Å²) in [7, 11) is 0. The summed E-state index contributed by atoms with van der Waals surface area (Å²) < 4.78 is 0. The van der Waals surface area contributed by atoms with E-state index in [9.17, 15) is 10.2 Å². The molecule has 4 saturated carbocycles. The van der Waals surface area contributed by atoms with Crippen LogP contribution in [0.5, 0.6) is 0 Å². The quantitative estimate of drug-likeness (QED) is 0.474. The van der Waals surface area contributed by atoms with Crippen LogP contribution in [-0.4, -0.2) is 32.4 Å². The number of hydrogen-bond acceptors (Lipinski definition) is 3. The number of aromatic nitrogens is 2. The van der Waals surface area contributed by atoms with Gasteiger partial charge in [0.15, 0.2) is 0 Å². The van der Waals surface area contributed by atoms with Crippen molar-refractivity contribution in [2.75, 3.05) is 0 Å². The fraction of sp³-hybridized carbons (Fsp3) is 0.774. The Bertz CT molecular complexity index is 1080. The molecule has 0 saturated heterocycles. The summed E-state index contributed by atoms with van der Waals surface area (Å²) >= 11 is 0. The Morgan fingerprint density at radius 3 is 2.71 bits per heavy atom. The second-order valence-corrected chi connectivity index (χ2v) is 13.6. The minimum absolute atomic E-state index is 0.0446. The van der Waals surface area contributed by atoms with Crippen LogP contribution in [0.4, 0.5) is 0 Å². The minimum atomic E-state index is -0.194. The van der Waals surface area contributed by atoms with Crippen LogP contribution in [0.25, 0.3) is 11.0 Å². The van der Waals surface area contributed by atoms with E-state index >= 15 is 0 Å². The van der Waals surface area contributed by atoms with E-state index in [1.807, 2.05) is 0 Å². The third-order valence-electron chi connectivity index (χ3n) is 12.0. The Morgan fingerprint density at radius 2 is 1.89 bits per heavy atom. The lowest BCUT2D eigenvalue weighted by Crippen LogP contribution is -2.58. The number of fused-ring (bicyclic) bond motifs is 6. The summed E-state index contributed by atoms with van der Waals surface area (Å²) in [6, 6.07) is 6.44. The lowest BCUT2D eigenvalue weighted by Gasteiger charge is -2.62. The number of rotatable bonds is 4. The molecule has 0 amide bonds. The largest absolute Gasteiger partial charge is 0.393 e. The molecule has 10 atom stereocenters. The first kappa shape index (κ1) is 24.0. The number of nitrogens with one attached hydrogen (secondary N) is 1. The van der Waals surface area contributed by atoms with E-state index in [1.165, 1.54) is 31.2 Å². The number of aromatic amines is 1. The second kappa shape index (κ2) is 8.58. The van der Waals surface area contributed by atoms with Gasteiger partial charge in [-0.1, -0.05) is 26.8 Å². The highest BCUT2D eigenvalue weighted by atomic mass is 16.3. The number of nitrogens with zero attached hydrogens (tertiary/aromatic N) is 1. The van der Waals surface area contributed by atoms with Crippen molar-refractivity contribution in [3.63, 3.8) is 0 Å². The van der Waals surface area contributed by atoms with Crippen LogP contribution in [0, 0.1) is 53.3 Å². The second-order valence-electron chi connectivity index (χ2n) is 13.6. The molecule has 4 fully saturated rings. The maximum Gasteiger partial charge on any atom is 0.107 e. The molecule has 1 aromatic carbocycles. The molecule has 35 heavy (non-hydrogen) atoms. The van der Waals surface area contributed by atoms with Gasteiger partial charge in [-0.25, -0.2) is 4.98 Å². The van der Waals surface area contributed by atoms with E-state index in [1.54, 1.807) is 0 Å². The number of imidazole rings is 1. The normalized spacial score (nSPS) is 44.0. The molecule has 192 valence electrons. The number of aliphatic hydroxyl groups is 2. The Balaban J connectivity index is 1.18. The predicted molar refractivity (Wildman–Crippen MR) is 141 cm³/mol. The summed E-state index contributed by atoms with van der Waals surface area (Å²) in [6.45, 7) is 9.53. The third kappa shape index (κ3) is 3.72. The van der Waals surface area contributed by atoms with Gasteiger partial charge < -0.3 is 15.2 Å². The van der Waals surface area contributed by atoms with Crippen molar-refractivity contribution in [2.24, 2.45) is 46.3 Å². The highest BCUT2D eigenvalue weighted by Crippen LogP contribution is 2.68. The smallest absolute Gasteiger partial charge is 0.107 e. The highest BCUT2D eigenvalue weighted by molar-refractivity contribution is 5.75. The summed E-state index contributed by atoms with van der Waals surface area (Å²) in [6.07, 6.45) is 11.0. The summed E-state index contributed by atoms with van der Waals surface area (Å²) in [5.41, 5.74) is 3.84.